The van der Waals surface area contributed by atoms with Crippen molar-refractivity contribution in [3.63, 3.8) is 0 Å². The molecular formula is C11H18N6O3S. The lowest BCUT2D eigenvalue weighted by Gasteiger charge is -2.06. The van der Waals surface area contributed by atoms with E-state index in [1.807, 2.05) is 6.92 Å². The second kappa shape index (κ2) is 6.33. The Bertz CT molecular complexity index is 705. The molecule has 0 bridgehead atoms. The molecule has 116 valence electrons. The minimum atomic E-state index is -3.70. The van der Waals surface area contributed by atoms with Gasteiger partial charge in [-0.15, -0.1) is 0 Å². The van der Waals surface area contributed by atoms with Gasteiger partial charge in [-0.3, -0.25) is 5.10 Å². The Morgan fingerprint density at radius 2 is 2.05 bits per heavy atom. The molecular weight excluding hydrogens is 296 g/mol. The van der Waals surface area contributed by atoms with Gasteiger partial charge in [0.25, 0.3) is 0 Å². The van der Waals surface area contributed by atoms with Crippen LogP contribution in [-0.2, 0) is 23.1 Å². The molecule has 0 aromatic carbocycles. The van der Waals surface area contributed by atoms with E-state index >= 15 is 0 Å². The van der Waals surface area contributed by atoms with E-state index in [4.69, 9.17) is 4.52 Å². The largest absolute Gasteiger partial charge is 0.340 e. The van der Waals surface area contributed by atoms with Gasteiger partial charge in [0, 0.05) is 13.5 Å². The highest BCUT2D eigenvalue weighted by molar-refractivity contribution is 7.89. The topological polar surface area (TPSA) is 126 Å². The summed E-state index contributed by atoms with van der Waals surface area (Å²) in [5.41, 5.74) is 0.936. The van der Waals surface area contributed by atoms with E-state index in [0.717, 1.165) is 6.54 Å². The van der Waals surface area contributed by atoms with Crippen molar-refractivity contribution in [2.75, 3.05) is 6.54 Å². The van der Waals surface area contributed by atoms with Crippen LogP contribution in [0, 0.1) is 13.8 Å². The van der Waals surface area contributed by atoms with Gasteiger partial charge in [0.2, 0.25) is 15.9 Å². The fourth-order valence-electron chi connectivity index (χ4n) is 1.83. The highest BCUT2D eigenvalue weighted by atomic mass is 32.2. The first-order valence-corrected chi connectivity index (χ1v) is 7.95. The quantitative estimate of drug-likeness (QED) is 0.656. The van der Waals surface area contributed by atoms with Gasteiger partial charge in [-0.25, -0.2) is 13.1 Å². The van der Waals surface area contributed by atoms with Crippen LogP contribution < -0.4 is 10.0 Å². The minimum Gasteiger partial charge on any atom is -0.340 e. The first kappa shape index (κ1) is 15.6. The van der Waals surface area contributed by atoms with Crippen LogP contribution >= 0.6 is 0 Å². The smallest absolute Gasteiger partial charge is 0.244 e. The van der Waals surface area contributed by atoms with Crippen LogP contribution in [0.15, 0.2) is 9.42 Å². The van der Waals surface area contributed by atoms with E-state index in [2.05, 4.69) is 30.4 Å². The van der Waals surface area contributed by atoms with Gasteiger partial charge >= 0.3 is 0 Å². The SMILES string of the molecule is CCNCc1n[nH]c(C)c1S(=O)(=O)NCc1noc(C)n1. The number of aromatic nitrogens is 4. The monoisotopic (exact) mass is 314 g/mol. The van der Waals surface area contributed by atoms with Crippen molar-refractivity contribution in [1.29, 1.82) is 0 Å². The third-order valence-electron chi connectivity index (χ3n) is 2.76. The molecule has 10 heteroatoms. The highest BCUT2D eigenvalue weighted by Crippen LogP contribution is 2.17. The zero-order valence-corrected chi connectivity index (χ0v) is 12.9. The Kier molecular flexibility index (Phi) is 4.70. The zero-order valence-electron chi connectivity index (χ0n) is 12.1. The van der Waals surface area contributed by atoms with Crippen LogP contribution in [0.5, 0.6) is 0 Å². The van der Waals surface area contributed by atoms with E-state index < -0.39 is 10.0 Å². The fraction of sp³-hybridized carbons (Fsp3) is 0.545. The second-order valence-corrected chi connectivity index (χ2v) is 6.16. The summed E-state index contributed by atoms with van der Waals surface area (Å²) in [5.74, 6) is 0.669. The van der Waals surface area contributed by atoms with Gasteiger partial charge in [0.15, 0.2) is 5.82 Å². The molecule has 0 saturated carbocycles. The molecule has 3 N–H and O–H groups in total. The Morgan fingerprint density at radius 3 is 2.67 bits per heavy atom. The van der Waals surface area contributed by atoms with Crippen molar-refractivity contribution in [2.24, 2.45) is 0 Å². The van der Waals surface area contributed by atoms with Gasteiger partial charge in [-0.1, -0.05) is 12.1 Å². The maximum Gasteiger partial charge on any atom is 0.244 e. The van der Waals surface area contributed by atoms with Crippen LogP contribution in [-0.4, -0.2) is 35.3 Å². The van der Waals surface area contributed by atoms with Gasteiger partial charge < -0.3 is 9.84 Å². The minimum absolute atomic E-state index is 0.0368. The Balaban J connectivity index is 2.17. The van der Waals surface area contributed by atoms with Gasteiger partial charge in [0.05, 0.1) is 17.9 Å². The molecule has 0 aliphatic rings. The zero-order chi connectivity index (χ0) is 15.5. The van der Waals surface area contributed by atoms with Crippen molar-refractivity contribution >= 4 is 10.0 Å². The molecule has 0 radical (unpaired) electrons. The molecule has 0 spiro atoms. The predicted molar refractivity (Wildman–Crippen MR) is 73.8 cm³/mol. The third kappa shape index (κ3) is 3.65. The summed E-state index contributed by atoms with van der Waals surface area (Å²) in [7, 11) is -3.70. The average molecular weight is 314 g/mol. The van der Waals surface area contributed by atoms with E-state index in [1.165, 1.54) is 0 Å². The standard InChI is InChI=1S/C11H18N6O3S/c1-4-12-5-9-11(7(2)15-16-9)21(18,19)13-6-10-14-8(3)20-17-10/h12-13H,4-6H2,1-3H3,(H,15,16). The van der Waals surface area contributed by atoms with Crippen LogP contribution in [0.4, 0.5) is 0 Å². The first-order chi connectivity index (χ1) is 9.94. The van der Waals surface area contributed by atoms with E-state index in [0.29, 0.717) is 23.8 Å². The van der Waals surface area contributed by atoms with Gasteiger partial charge in [-0.2, -0.15) is 10.1 Å². The molecule has 2 aromatic heterocycles. The van der Waals surface area contributed by atoms with E-state index in [-0.39, 0.29) is 17.3 Å². The number of nitrogens with one attached hydrogen (secondary N) is 3. The lowest BCUT2D eigenvalue weighted by molar-refractivity contribution is 0.387. The third-order valence-corrected chi connectivity index (χ3v) is 4.37. The van der Waals surface area contributed by atoms with Gasteiger partial charge in [0.1, 0.15) is 4.90 Å². The number of aromatic amines is 1. The molecule has 0 aliphatic carbocycles. The van der Waals surface area contributed by atoms with Crippen LogP contribution in [0.2, 0.25) is 0 Å². The van der Waals surface area contributed by atoms with E-state index in [1.54, 1.807) is 13.8 Å². The summed E-state index contributed by atoms with van der Waals surface area (Å²) < 4.78 is 32.0. The lowest BCUT2D eigenvalue weighted by Crippen LogP contribution is -2.26. The Labute approximate surface area is 122 Å². The molecule has 0 fully saturated rings. The normalized spacial score (nSPS) is 12.0. The van der Waals surface area contributed by atoms with Crippen molar-refractivity contribution in [3.8, 4) is 0 Å². The first-order valence-electron chi connectivity index (χ1n) is 6.47. The molecule has 0 aliphatic heterocycles. The van der Waals surface area contributed by atoms with Crippen molar-refractivity contribution < 1.29 is 12.9 Å². The van der Waals surface area contributed by atoms with Crippen molar-refractivity contribution in [2.45, 2.75) is 38.8 Å². The van der Waals surface area contributed by atoms with Crippen LogP contribution in [0.3, 0.4) is 0 Å². The molecule has 2 rings (SSSR count). The molecule has 2 aromatic rings. The predicted octanol–water partition coefficient (Wildman–Crippen LogP) is -0.00246. The molecule has 21 heavy (non-hydrogen) atoms. The molecule has 9 nitrogen and oxygen atoms in total. The fourth-order valence-corrected chi connectivity index (χ4v) is 3.17. The molecule has 2 heterocycles. The summed E-state index contributed by atoms with van der Waals surface area (Å²) >= 11 is 0. The summed E-state index contributed by atoms with van der Waals surface area (Å²) in [6, 6.07) is 0. The molecule has 0 unspecified atom stereocenters. The van der Waals surface area contributed by atoms with Crippen molar-refractivity contribution in [3.05, 3.63) is 23.1 Å². The second-order valence-electron chi connectivity index (χ2n) is 4.46. The lowest BCUT2D eigenvalue weighted by atomic mass is 10.3. The highest BCUT2D eigenvalue weighted by Gasteiger charge is 2.24. The Morgan fingerprint density at radius 1 is 1.29 bits per heavy atom. The van der Waals surface area contributed by atoms with Crippen molar-refractivity contribution in [1.82, 2.24) is 30.4 Å². The van der Waals surface area contributed by atoms with E-state index in [9.17, 15) is 8.42 Å². The summed E-state index contributed by atoms with van der Waals surface area (Å²) in [6.07, 6.45) is 0. The molecule has 0 atom stereocenters. The number of H-pyrrole nitrogens is 1. The number of nitrogens with zero attached hydrogens (tertiary/aromatic N) is 3. The maximum atomic E-state index is 12.4. The number of sulfonamides is 1. The summed E-state index contributed by atoms with van der Waals surface area (Å²) in [4.78, 5) is 4.11. The summed E-state index contributed by atoms with van der Waals surface area (Å²) in [5, 5.41) is 13.4. The average Bonchev–Trinajstić information content (AvgIpc) is 3.00. The van der Waals surface area contributed by atoms with Crippen LogP contribution in [0.25, 0.3) is 0 Å². The summed E-state index contributed by atoms with van der Waals surface area (Å²) in [6.45, 7) is 6.30. The van der Waals surface area contributed by atoms with Crippen LogP contribution in [0.1, 0.15) is 30.0 Å². The molecule has 0 amide bonds. The van der Waals surface area contributed by atoms with Gasteiger partial charge in [-0.05, 0) is 13.5 Å². The number of hydrogen-bond acceptors (Lipinski definition) is 7. The number of hydrogen-bond donors (Lipinski definition) is 3. The Hall–Kier alpha value is -1.78. The number of aryl methyl sites for hydroxylation is 2. The molecule has 0 saturated heterocycles. The maximum absolute atomic E-state index is 12.4. The number of rotatable bonds is 7.